The van der Waals surface area contributed by atoms with E-state index in [-0.39, 0.29) is 18.6 Å². The molecule has 19 heavy (non-hydrogen) atoms. The summed E-state index contributed by atoms with van der Waals surface area (Å²) in [5.74, 6) is -0.327. The van der Waals surface area contributed by atoms with E-state index in [1.54, 1.807) is 4.90 Å². The number of esters is 1. The summed E-state index contributed by atoms with van der Waals surface area (Å²) in [6.07, 6.45) is 1.75. The Labute approximate surface area is 111 Å². The van der Waals surface area contributed by atoms with E-state index in [2.05, 4.69) is 0 Å². The van der Waals surface area contributed by atoms with Crippen molar-refractivity contribution in [1.82, 2.24) is 4.90 Å². The fourth-order valence-corrected chi connectivity index (χ4v) is 2.35. The van der Waals surface area contributed by atoms with Crippen LogP contribution in [0.1, 0.15) is 25.7 Å². The number of likely N-dealkylation sites (tertiary alicyclic amines) is 1. The Hall–Kier alpha value is -1.17. The molecule has 0 bridgehead atoms. The standard InChI is InChI=1S/C13H19F2NO3/c14-12(15)8-16-5-3-11(4-6-16)19-13(17)10-2-1-7-18-9-10/h9,11-12H,1-8H2. The second-order valence-electron chi connectivity index (χ2n) is 4.91. The average Bonchev–Trinajstić information content (AvgIpc) is 2.41. The van der Waals surface area contributed by atoms with Crippen LogP contribution in [0, 0.1) is 0 Å². The first-order valence-corrected chi connectivity index (χ1v) is 6.67. The van der Waals surface area contributed by atoms with Crippen molar-refractivity contribution in [3.05, 3.63) is 11.8 Å². The maximum absolute atomic E-state index is 12.2. The highest BCUT2D eigenvalue weighted by atomic mass is 19.3. The van der Waals surface area contributed by atoms with Gasteiger partial charge in [-0.15, -0.1) is 0 Å². The quantitative estimate of drug-likeness (QED) is 0.735. The highest BCUT2D eigenvalue weighted by Gasteiger charge is 2.25. The third kappa shape index (κ3) is 4.45. The van der Waals surface area contributed by atoms with Gasteiger partial charge in [0.15, 0.2) is 0 Å². The number of hydrogen-bond acceptors (Lipinski definition) is 4. The van der Waals surface area contributed by atoms with Gasteiger partial charge < -0.3 is 9.47 Å². The second kappa shape index (κ2) is 6.84. The molecular formula is C13H19F2NO3. The van der Waals surface area contributed by atoms with Gasteiger partial charge in [0.05, 0.1) is 25.0 Å². The number of hydrogen-bond donors (Lipinski definition) is 0. The molecule has 0 radical (unpaired) electrons. The smallest absolute Gasteiger partial charge is 0.337 e. The zero-order chi connectivity index (χ0) is 13.7. The molecule has 0 aromatic heterocycles. The summed E-state index contributed by atoms with van der Waals surface area (Å²) in [5, 5.41) is 0. The van der Waals surface area contributed by atoms with Gasteiger partial charge in [0, 0.05) is 13.1 Å². The van der Waals surface area contributed by atoms with E-state index in [1.807, 2.05) is 0 Å². The Bertz CT molecular complexity index is 339. The molecule has 2 heterocycles. The summed E-state index contributed by atoms with van der Waals surface area (Å²) < 4.78 is 34.9. The van der Waals surface area contributed by atoms with Crippen molar-refractivity contribution >= 4 is 5.97 Å². The monoisotopic (exact) mass is 275 g/mol. The predicted octanol–water partition coefficient (Wildman–Crippen LogP) is 1.95. The van der Waals surface area contributed by atoms with Gasteiger partial charge in [-0.2, -0.15) is 0 Å². The fraction of sp³-hybridized carbons (Fsp3) is 0.769. The largest absolute Gasteiger partial charge is 0.501 e. The van der Waals surface area contributed by atoms with Crippen molar-refractivity contribution in [2.24, 2.45) is 0 Å². The van der Waals surface area contributed by atoms with Crippen LogP contribution in [0.5, 0.6) is 0 Å². The second-order valence-corrected chi connectivity index (χ2v) is 4.91. The van der Waals surface area contributed by atoms with E-state index in [0.29, 0.717) is 44.5 Å². The van der Waals surface area contributed by atoms with E-state index in [4.69, 9.17) is 9.47 Å². The lowest BCUT2D eigenvalue weighted by Crippen LogP contribution is -2.40. The lowest BCUT2D eigenvalue weighted by Gasteiger charge is -2.31. The molecule has 108 valence electrons. The van der Waals surface area contributed by atoms with Crippen LogP contribution < -0.4 is 0 Å². The van der Waals surface area contributed by atoms with Gasteiger partial charge in [0.25, 0.3) is 6.43 Å². The lowest BCUT2D eigenvalue weighted by molar-refractivity contribution is -0.147. The van der Waals surface area contributed by atoms with Gasteiger partial charge in [0.2, 0.25) is 0 Å². The maximum Gasteiger partial charge on any atom is 0.337 e. The molecule has 0 spiro atoms. The topological polar surface area (TPSA) is 38.8 Å². The minimum atomic E-state index is -2.30. The van der Waals surface area contributed by atoms with Crippen LogP contribution in [-0.4, -0.2) is 49.6 Å². The van der Waals surface area contributed by atoms with Gasteiger partial charge in [-0.25, -0.2) is 13.6 Å². The minimum Gasteiger partial charge on any atom is -0.501 e. The summed E-state index contributed by atoms with van der Waals surface area (Å²) in [6, 6.07) is 0. The summed E-state index contributed by atoms with van der Waals surface area (Å²) in [4.78, 5) is 13.5. The fourth-order valence-electron chi connectivity index (χ4n) is 2.35. The summed E-state index contributed by atoms with van der Waals surface area (Å²) in [7, 11) is 0. The minimum absolute atomic E-state index is 0.163. The van der Waals surface area contributed by atoms with Crippen LogP contribution in [-0.2, 0) is 14.3 Å². The lowest BCUT2D eigenvalue weighted by atomic mass is 10.1. The van der Waals surface area contributed by atoms with Crippen LogP contribution in [0.4, 0.5) is 8.78 Å². The Balaban J connectivity index is 1.73. The first kappa shape index (κ1) is 14.2. The average molecular weight is 275 g/mol. The molecule has 0 amide bonds. The number of carbonyl (C=O) groups is 1. The molecule has 1 fully saturated rings. The number of halogens is 2. The number of rotatable bonds is 4. The zero-order valence-electron chi connectivity index (χ0n) is 10.8. The van der Waals surface area contributed by atoms with Crippen LogP contribution >= 0.6 is 0 Å². The number of alkyl halides is 2. The third-order valence-electron chi connectivity index (χ3n) is 3.40. The Kier molecular flexibility index (Phi) is 5.13. The van der Waals surface area contributed by atoms with Crippen LogP contribution in [0.3, 0.4) is 0 Å². The number of piperidine rings is 1. The molecule has 4 nitrogen and oxygen atoms in total. The molecule has 2 aliphatic rings. The highest BCUT2D eigenvalue weighted by molar-refractivity contribution is 5.88. The van der Waals surface area contributed by atoms with E-state index in [1.165, 1.54) is 6.26 Å². The van der Waals surface area contributed by atoms with Crippen LogP contribution in [0.2, 0.25) is 0 Å². The molecule has 0 aliphatic carbocycles. The van der Waals surface area contributed by atoms with E-state index < -0.39 is 6.43 Å². The predicted molar refractivity (Wildman–Crippen MR) is 64.8 cm³/mol. The molecule has 0 unspecified atom stereocenters. The normalized spacial score (nSPS) is 21.9. The maximum atomic E-state index is 12.2. The zero-order valence-corrected chi connectivity index (χ0v) is 10.8. The first-order valence-electron chi connectivity index (χ1n) is 6.67. The van der Waals surface area contributed by atoms with Gasteiger partial charge in [-0.05, 0) is 25.7 Å². The first-order chi connectivity index (χ1) is 9.15. The summed E-state index contributed by atoms with van der Waals surface area (Å²) >= 11 is 0. The molecule has 0 atom stereocenters. The molecule has 0 aromatic carbocycles. The molecule has 0 N–H and O–H groups in total. The number of nitrogens with zero attached hydrogens (tertiary/aromatic N) is 1. The van der Waals surface area contributed by atoms with Crippen molar-refractivity contribution in [1.29, 1.82) is 0 Å². The van der Waals surface area contributed by atoms with Crippen LogP contribution in [0.25, 0.3) is 0 Å². The molecule has 2 rings (SSSR count). The highest BCUT2D eigenvalue weighted by Crippen LogP contribution is 2.19. The number of ether oxygens (including phenoxy) is 2. The van der Waals surface area contributed by atoms with Gasteiger partial charge in [-0.1, -0.05) is 0 Å². The van der Waals surface area contributed by atoms with E-state index in [9.17, 15) is 13.6 Å². The molecule has 6 heteroatoms. The van der Waals surface area contributed by atoms with Gasteiger partial charge >= 0.3 is 5.97 Å². The van der Waals surface area contributed by atoms with E-state index >= 15 is 0 Å². The Morgan fingerprint density at radius 3 is 2.79 bits per heavy atom. The molecule has 1 saturated heterocycles. The van der Waals surface area contributed by atoms with Crippen molar-refractivity contribution in [3.63, 3.8) is 0 Å². The van der Waals surface area contributed by atoms with Crippen molar-refractivity contribution in [2.75, 3.05) is 26.2 Å². The Morgan fingerprint density at radius 2 is 2.21 bits per heavy atom. The molecule has 0 saturated carbocycles. The summed E-state index contributed by atoms with van der Waals surface area (Å²) in [5.41, 5.74) is 0.571. The summed E-state index contributed by atoms with van der Waals surface area (Å²) in [6.45, 7) is 1.55. The Morgan fingerprint density at radius 1 is 1.47 bits per heavy atom. The number of carbonyl (C=O) groups excluding carboxylic acids is 1. The van der Waals surface area contributed by atoms with Crippen molar-refractivity contribution in [2.45, 2.75) is 38.2 Å². The molecule has 2 aliphatic heterocycles. The van der Waals surface area contributed by atoms with Gasteiger partial charge in [0.1, 0.15) is 6.10 Å². The third-order valence-corrected chi connectivity index (χ3v) is 3.40. The molecule has 0 aromatic rings. The van der Waals surface area contributed by atoms with Crippen molar-refractivity contribution < 1.29 is 23.0 Å². The molecular weight excluding hydrogens is 256 g/mol. The van der Waals surface area contributed by atoms with E-state index in [0.717, 1.165) is 6.42 Å². The SMILES string of the molecule is O=C(OC1CCN(CC(F)F)CC1)C1=COCCC1. The van der Waals surface area contributed by atoms with Gasteiger partial charge in [-0.3, -0.25) is 4.90 Å². The van der Waals surface area contributed by atoms with Crippen molar-refractivity contribution in [3.8, 4) is 0 Å². The van der Waals surface area contributed by atoms with Crippen LogP contribution in [0.15, 0.2) is 11.8 Å².